The molecule has 1 unspecified atom stereocenters. The van der Waals surface area contributed by atoms with Crippen molar-refractivity contribution in [3.8, 4) is 11.1 Å². The topological polar surface area (TPSA) is 81.9 Å². The third-order valence-electron chi connectivity index (χ3n) is 7.74. The maximum atomic E-state index is 15.1. The van der Waals surface area contributed by atoms with Crippen LogP contribution in [-0.4, -0.2) is 87.8 Å². The number of nitrogens with zero attached hydrogens (tertiary/aromatic N) is 5. The molecule has 1 N–H and O–H groups in total. The van der Waals surface area contributed by atoms with Crippen LogP contribution in [-0.2, 0) is 12.7 Å². The van der Waals surface area contributed by atoms with Gasteiger partial charge in [0, 0.05) is 71.5 Å². The second kappa shape index (κ2) is 11.4. The molecule has 0 saturated carbocycles. The van der Waals surface area contributed by atoms with Crippen LogP contribution in [0.25, 0.3) is 22.0 Å². The zero-order valence-electron chi connectivity index (χ0n) is 23.1. The van der Waals surface area contributed by atoms with E-state index in [2.05, 4.69) is 4.98 Å². The summed E-state index contributed by atoms with van der Waals surface area (Å²) < 4.78 is 114. The lowest BCUT2D eigenvalue weighted by Gasteiger charge is -2.40. The molecule has 2 aromatic carbocycles. The number of thioether (sulfide) groups is 1. The fourth-order valence-electron chi connectivity index (χ4n) is 5.67. The van der Waals surface area contributed by atoms with Crippen molar-refractivity contribution in [2.24, 2.45) is 0 Å². The van der Waals surface area contributed by atoms with Crippen LogP contribution in [0.2, 0.25) is 0 Å². The number of carboxylic acid groups (broad SMARTS) is 1. The van der Waals surface area contributed by atoms with Crippen molar-refractivity contribution in [3.63, 3.8) is 0 Å². The molecule has 44 heavy (non-hydrogen) atoms. The summed E-state index contributed by atoms with van der Waals surface area (Å²) in [7, 11) is 1.17. The standard InChI is InChI=1S/C27H25F8N5O3S/c1-13-9-38(25(42)43)5-6-39(13)23-17-8-18(27(33,34)35)20(16-4-3-14(28)7-19(16)29)22-21(17)40(24(41)36-23)10-15(11-44-22)37(2)12-26(30,31)32/h3-4,7-8,13,15H,5-6,9-12H2,1-2H3,(H,42,43)/t13-,15?/m0/s1. The van der Waals surface area contributed by atoms with Gasteiger partial charge in [0.2, 0.25) is 0 Å². The van der Waals surface area contributed by atoms with E-state index in [1.165, 1.54) is 11.9 Å². The molecule has 0 aliphatic carbocycles. The van der Waals surface area contributed by atoms with Crippen molar-refractivity contribution >= 4 is 34.6 Å². The average Bonchev–Trinajstić information content (AvgIpc) is 3.11. The zero-order chi connectivity index (χ0) is 32.3. The minimum absolute atomic E-state index is 0.0197. The first-order chi connectivity index (χ1) is 20.5. The Morgan fingerprint density at radius 2 is 1.82 bits per heavy atom. The molecule has 8 nitrogen and oxygen atoms in total. The molecule has 5 rings (SSSR count). The highest BCUT2D eigenvalue weighted by Crippen LogP contribution is 2.49. The van der Waals surface area contributed by atoms with E-state index in [1.807, 2.05) is 0 Å². The molecule has 0 radical (unpaired) electrons. The molecule has 1 aromatic heterocycles. The van der Waals surface area contributed by atoms with Crippen LogP contribution in [0.4, 0.5) is 45.7 Å². The Morgan fingerprint density at radius 3 is 2.41 bits per heavy atom. The minimum Gasteiger partial charge on any atom is -0.465 e. The fourth-order valence-corrected chi connectivity index (χ4v) is 7.11. The van der Waals surface area contributed by atoms with E-state index < -0.39 is 71.1 Å². The largest absolute Gasteiger partial charge is 0.465 e. The smallest absolute Gasteiger partial charge is 0.417 e. The summed E-state index contributed by atoms with van der Waals surface area (Å²) in [6.45, 7) is -0.225. The van der Waals surface area contributed by atoms with Gasteiger partial charge in [-0.05, 0) is 32.2 Å². The molecule has 0 bridgehead atoms. The normalized spacial score (nSPS) is 19.5. The van der Waals surface area contributed by atoms with Crippen LogP contribution in [0.1, 0.15) is 12.5 Å². The molecule has 1 fully saturated rings. The quantitative estimate of drug-likeness (QED) is 0.373. The maximum Gasteiger partial charge on any atom is 0.417 e. The molecular weight excluding hydrogens is 626 g/mol. The second-order valence-electron chi connectivity index (χ2n) is 10.7. The Kier molecular flexibility index (Phi) is 8.24. The number of aromatic nitrogens is 2. The number of amides is 1. The molecule has 2 atom stereocenters. The fraction of sp³-hybridized carbons (Fsp3) is 0.444. The molecule has 2 aliphatic rings. The van der Waals surface area contributed by atoms with Gasteiger partial charge in [-0.3, -0.25) is 9.47 Å². The van der Waals surface area contributed by atoms with Gasteiger partial charge in [-0.2, -0.15) is 31.3 Å². The van der Waals surface area contributed by atoms with Gasteiger partial charge >= 0.3 is 24.1 Å². The SMILES string of the molecule is C[C@H]1CN(C(=O)O)CCN1c1nc(=O)n2c3c(c(-c4ccc(F)cc4F)c(C(F)(F)F)cc13)SCC(N(C)CC(F)(F)F)C2. The van der Waals surface area contributed by atoms with E-state index in [0.29, 0.717) is 12.1 Å². The predicted octanol–water partition coefficient (Wildman–Crippen LogP) is 5.52. The van der Waals surface area contributed by atoms with Crippen molar-refractivity contribution in [1.82, 2.24) is 19.4 Å². The number of hydrogen-bond donors (Lipinski definition) is 1. The summed E-state index contributed by atoms with van der Waals surface area (Å²) in [5.41, 5.74) is -3.65. The van der Waals surface area contributed by atoms with Gasteiger partial charge in [0.1, 0.15) is 17.5 Å². The number of benzene rings is 2. The number of alkyl halides is 6. The van der Waals surface area contributed by atoms with Crippen molar-refractivity contribution < 1.29 is 45.0 Å². The van der Waals surface area contributed by atoms with Gasteiger partial charge in [0.25, 0.3) is 0 Å². The molecule has 2 aliphatic heterocycles. The summed E-state index contributed by atoms with van der Waals surface area (Å²) in [6, 6.07) is 1.13. The van der Waals surface area contributed by atoms with Gasteiger partial charge < -0.3 is 14.9 Å². The second-order valence-corrected chi connectivity index (χ2v) is 11.8. The summed E-state index contributed by atoms with van der Waals surface area (Å²) in [5.74, 6) is -2.71. The lowest BCUT2D eigenvalue weighted by Crippen LogP contribution is -2.54. The van der Waals surface area contributed by atoms with Gasteiger partial charge in [0.05, 0.1) is 17.6 Å². The Bertz CT molecular complexity index is 1680. The van der Waals surface area contributed by atoms with Crippen LogP contribution < -0.4 is 10.6 Å². The van der Waals surface area contributed by atoms with Crippen molar-refractivity contribution in [2.75, 3.05) is 43.9 Å². The first-order valence-corrected chi connectivity index (χ1v) is 14.2. The summed E-state index contributed by atoms with van der Waals surface area (Å²) in [5, 5.41) is 9.23. The van der Waals surface area contributed by atoms with Crippen molar-refractivity contribution in [2.45, 2.75) is 42.8 Å². The van der Waals surface area contributed by atoms with Crippen molar-refractivity contribution in [3.05, 3.63) is 51.9 Å². The van der Waals surface area contributed by atoms with E-state index in [4.69, 9.17) is 0 Å². The Morgan fingerprint density at radius 1 is 1.11 bits per heavy atom. The van der Waals surface area contributed by atoms with Crippen LogP contribution in [0.3, 0.4) is 0 Å². The molecule has 1 saturated heterocycles. The van der Waals surface area contributed by atoms with E-state index in [1.54, 1.807) is 6.92 Å². The molecule has 238 valence electrons. The van der Waals surface area contributed by atoms with E-state index >= 15 is 4.39 Å². The first kappa shape index (κ1) is 31.8. The van der Waals surface area contributed by atoms with Gasteiger partial charge in [0.15, 0.2) is 0 Å². The number of hydrogen-bond acceptors (Lipinski definition) is 6. The summed E-state index contributed by atoms with van der Waals surface area (Å²) in [4.78, 5) is 32.5. The van der Waals surface area contributed by atoms with E-state index in [9.17, 15) is 45.4 Å². The van der Waals surface area contributed by atoms with Crippen LogP contribution in [0.15, 0.2) is 34.0 Å². The van der Waals surface area contributed by atoms with Crippen LogP contribution in [0, 0.1) is 11.6 Å². The van der Waals surface area contributed by atoms with Gasteiger partial charge in [-0.25, -0.2) is 18.4 Å². The summed E-state index contributed by atoms with van der Waals surface area (Å²) in [6.07, 6.45) is -10.9. The minimum atomic E-state index is -5.09. The van der Waals surface area contributed by atoms with Crippen LogP contribution >= 0.6 is 11.8 Å². The molecule has 3 heterocycles. The van der Waals surface area contributed by atoms with E-state index in [-0.39, 0.29) is 53.5 Å². The molecule has 17 heteroatoms. The maximum absolute atomic E-state index is 15.1. The number of anilines is 1. The zero-order valence-corrected chi connectivity index (χ0v) is 24.0. The number of piperazine rings is 1. The van der Waals surface area contributed by atoms with Crippen LogP contribution in [0.5, 0.6) is 0 Å². The Labute approximate surface area is 248 Å². The van der Waals surface area contributed by atoms with Crippen molar-refractivity contribution in [1.29, 1.82) is 0 Å². The highest BCUT2D eigenvalue weighted by atomic mass is 32.2. The highest BCUT2D eigenvalue weighted by Gasteiger charge is 2.41. The first-order valence-electron chi connectivity index (χ1n) is 13.2. The third kappa shape index (κ3) is 6.03. The average molecular weight is 652 g/mol. The number of carbonyl (C=O) groups is 1. The molecule has 1 amide bonds. The Balaban J connectivity index is 1.82. The molecule has 0 spiro atoms. The predicted molar refractivity (Wildman–Crippen MR) is 146 cm³/mol. The molecule has 3 aromatic rings. The third-order valence-corrected chi connectivity index (χ3v) is 8.98. The van der Waals surface area contributed by atoms with E-state index in [0.717, 1.165) is 38.3 Å². The van der Waals surface area contributed by atoms with Gasteiger partial charge in [-0.15, -0.1) is 11.8 Å². The lowest BCUT2D eigenvalue weighted by molar-refractivity contribution is -0.147. The number of halogens is 8. The Hall–Kier alpha value is -3.60. The number of likely N-dealkylation sites (N-methyl/N-ethyl adjacent to an activating group) is 1. The van der Waals surface area contributed by atoms with Gasteiger partial charge in [-0.1, -0.05) is 0 Å². The summed E-state index contributed by atoms with van der Waals surface area (Å²) >= 11 is 0.737. The molecular formula is C27H25F8N5O3S. The number of rotatable bonds is 4. The lowest BCUT2D eigenvalue weighted by atomic mass is 9.95. The highest BCUT2D eigenvalue weighted by molar-refractivity contribution is 7.99. The monoisotopic (exact) mass is 651 g/mol.